The maximum absolute atomic E-state index is 10.9. The van der Waals surface area contributed by atoms with Gasteiger partial charge >= 0.3 is 5.97 Å². The van der Waals surface area contributed by atoms with Gasteiger partial charge in [0, 0.05) is 10.0 Å². The van der Waals surface area contributed by atoms with Crippen LogP contribution in [0.5, 0.6) is 11.5 Å². The molecule has 0 saturated heterocycles. The first-order valence-electron chi connectivity index (χ1n) is 7.05. The number of benzene rings is 2. The molecule has 0 aliphatic carbocycles. The summed E-state index contributed by atoms with van der Waals surface area (Å²) in [6.07, 6.45) is 1.28. The van der Waals surface area contributed by atoms with Crippen molar-refractivity contribution in [1.82, 2.24) is 0 Å². The maximum atomic E-state index is 10.9. The number of carbonyl (C=O) groups is 1. The van der Waals surface area contributed by atoms with E-state index in [0.717, 1.165) is 10.2 Å². The molecule has 0 atom stereocenters. The molecule has 0 heterocycles. The molecule has 0 bridgehead atoms. The lowest BCUT2D eigenvalue weighted by Crippen LogP contribution is -2.09. The van der Waals surface area contributed by atoms with Crippen LogP contribution in [-0.2, 0) is 4.79 Å². The van der Waals surface area contributed by atoms with E-state index in [2.05, 4.69) is 15.9 Å². The standard InChI is InChI=1S/C18H14BrNO4/c19-15-5-7-16(8-6-15)23-9-10-24-17-4-2-1-3-13(17)11-14(12-20)18(21)22/h1-8,11H,9-10H2,(H,21,22). The summed E-state index contributed by atoms with van der Waals surface area (Å²) in [4.78, 5) is 10.9. The van der Waals surface area contributed by atoms with Crippen LogP contribution in [0.3, 0.4) is 0 Å². The highest BCUT2D eigenvalue weighted by Gasteiger charge is 2.08. The Morgan fingerprint density at radius 1 is 1.12 bits per heavy atom. The van der Waals surface area contributed by atoms with E-state index in [4.69, 9.17) is 19.8 Å². The second-order valence-electron chi connectivity index (χ2n) is 4.66. The van der Waals surface area contributed by atoms with Crippen molar-refractivity contribution in [1.29, 1.82) is 5.26 Å². The zero-order valence-electron chi connectivity index (χ0n) is 12.6. The number of ether oxygens (including phenoxy) is 2. The van der Waals surface area contributed by atoms with Crippen molar-refractivity contribution in [2.75, 3.05) is 13.2 Å². The normalized spacial score (nSPS) is 10.8. The maximum Gasteiger partial charge on any atom is 0.346 e. The van der Waals surface area contributed by atoms with Crippen LogP contribution in [0.2, 0.25) is 0 Å². The van der Waals surface area contributed by atoms with E-state index in [9.17, 15) is 4.79 Å². The second-order valence-corrected chi connectivity index (χ2v) is 5.58. The number of carboxylic acids is 1. The summed E-state index contributed by atoms with van der Waals surface area (Å²) in [5.41, 5.74) is 0.178. The third kappa shape index (κ3) is 5.14. The molecule has 1 N–H and O–H groups in total. The summed E-state index contributed by atoms with van der Waals surface area (Å²) >= 11 is 3.35. The number of halogens is 1. The van der Waals surface area contributed by atoms with Gasteiger partial charge in [-0.1, -0.05) is 34.1 Å². The summed E-state index contributed by atoms with van der Waals surface area (Å²) in [6, 6.07) is 16.0. The van der Waals surface area contributed by atoms with Crippen LogP contribution >= 0.6 is 15.9 Å². The fourth-order valence-corrected chi connectivity index (χ4v) is 2.13. The molecular formula is C18H14BrNO4. The molecule has 5 nitrogen and oxygen atoms in total. The Hall–Kier alpha value is -2.78. The third-order valence-corrected chi connectivity index (χ3v) is 3.52. The molecule has 0 amide bonds. The van der Waals surface area contributed by atoms with Gasteiger partial charge in [-0.3, -0.25) is 0 Å². The molecule has 0 spiro atoms. The first-order valence-corrected chi connectivity index (χ1v) is 7.84. The van der Waals surface area contributed by atoms with Crippen LogP contribution in [0.4, 0.5) is 0 Å². The molecule has 2 aromatic rings. The molecule has 2 rings (SSSR count). The zero-order chi connectivity index (χ0) is 17.4. The molecule has 2 aromatic carbocycles. The van der Waals surface area contributed by atoms with Gasteiger partial charge in [0.15, 0.2) is 0 Å². The predicted molar refractivity (Wildman–Crippen MR) is 92.8 cm³/mol. The number of hydrogen-bond donors (Lipinski definition) is 1. The van der Waals surface area contributed by atoms with E-state index in [1.807, 2.05) is 24.3 Å². The molecule has 0 unspecified atom stereocenters. The van der Waals surface area contributed by atoms with Crippen LogP contribution in [-0.4, -0.2) is 24.3 Å². The molecule has 0 aromatic heterocycles. The van der Waals surface area contributed by atoms with Gasteiger partial charge in [0.2, 0.25) is 0 Å². The van der Waals surface area contributed by atoms with Gasteiger partial charge in [0.05, 0.1) is 0 Å². The van der Waals surface area contributed by atoms with Gasteiger partial charge in [0.25, 0.3) is 0 Å². The summed E-state index contributed by atoms with van der Waals surface area (Å²) < 4.78 is 12.2. The molecule has 0 aliphatic rings. The van der Waals surface area contributed by atoms with Gasteiger partial charge in [-0.2, -0.15) is 5.26 Å². The van der Waals surface area contributed by atoms with Crippen LogP contribution in [0.1, 0.15) is 5.56 Å². The third-order valence-electron chi connectivity index (χ3n) is 2.99. The fourth-order valence-electron chi connectivity index (χ4n) is 1.87. The lowest BCUT2D eigenvalue weighted by Gasteiger charge is -2.10. The Balaban J connectivity index is 1.97. The number of nitriles is 1. The Labute approximate surface area is 147 Å². The fraction of sp³-hybridized carbons (Fsp3) is 0.111. The van der Waals surface area contributed by atoms with Crippen LogP contribution in [0.25, 0.3) is 6.08 Å². The van der Waals surface area contributed by atoms with Crippen molar-refractivity contribution in [2.45, 2.75) is 0 Å². The van der Waals surface area contributed by atoms with Crippen molar-refractivity contribution in [3.05, 3.63) is 64.1 Å². The lowest BCUT2D eigenvalue weighted by atomic mass is 10.1. The van der Waals surface area contributed by atoms with Crippen molar-refractivity contribution in [3.8, 4) is 17.6 Å². The minimum Gasteiger partial charge on any atom is -0.490 e. The molecule has 0 fully saturated rings. The second kappa shape index (κ2) is 8.75. The first-order chi connectivity index (χ1) is 11.6. The number of hydrogen-bond acceptors (Lipinski definition) is 4. The molecule has 122 valence electrons. The smallest absolute Gasteiger partial charge is 0.346 e. The Morgan fingerprint density at radius 2 is 1.79 bits per heavy atom. The van der Waals surface area contributed by atoms with Gasteiger partial charge in [-0.25, -0.2) is 4.79 Å². The highest BCUT2D eigenvalue weighted by Crippen LogP contribution is 2.21. The van der Waals surface area contributed by atoms with Crippen LogP contribution in [0.15, 0.2) is 58.6 Å². The van der Waals surface area contributed by atoms with E-state index in [1.165, 1.54) is 6.08 Å². The van der Waals surface area contributed by atoms with Crippen molar-refractivity contribution in [3.63, 3.8) is 0 Å². The quantitative estimate of drug-likeness (QED) is 0.442. The largest absolute Gasteiger partial charge is 0.490 e. The van der Waals surface area contributed by atoms with Crippen LogP contribution < -0.4 is 9.47 Å². The zero-order valence-corrected chi connectivity index (χ0v) is 14.2. The van der Waals surface area contributed by atoms with Gasteiger partial charge in [-0.05, 0) is 36.4 Å². The molecule has 0 radical (unpaired) electrons. The average Bonchev–Trinajstić information content (AvgIpc) is 2.59. The molecule has 0 aliphatic heterocycles. The van der Waals surface area contributed by atoms with E-state index >= 15 is 0 Å². The van der Waals surface area contributed by atoms with E-state index in [-0.39, 0.29) is 12.2 Å². The topological polar surface area (TPSA) is 79.5 Å². The number of carboxylic acid groups (broad SMARTS) is 1. The van der Waals surface area contributed by atoms with Crippen molar-refractivity contribution in [2.24, 2.45) is 0 Å². The number of aliphatic carboxylic acids is 1. The summed E-state index contributed by atoms with van der Waals surface area (Å²) in [5.74, 6) is -0.0515. The Kier molecular flexibility index (Phi) is 6.41. The van der Waals surface area contributed by atoms with E-state index in [0.29, 0.717) is 17.9 Å². The van der Waals surface area contributed by atoms with Crippen molar-refractivity contribution < 1.29 is 19.4 Å². The molecule has 6 heteroatoms. The molecule has 24 heavy (non-hydrogen) atoms. The Bertz CT molecular complexity index is 778. The predicted octanol–water partition coefficient (Wildman–Crippen LogP) is 3.90. The summed E-state index contributed by atoms with van der Waals surface area (Å²) in [6.45, 7) is 0.625. The number of rotatable bonds is 7. The van der Waals surface area contributed by atoms with Gasteiger partial charge in [0.1, 0.15) is 36.4 Å². The van der Waals surface area contributed by atoms with Crippen molar-refractivity contribution >= 4 is 28.0 Å². The van der Waals surface area contributed by atoms with E-state index in [1.54, 1.807) is 30.3 Å². The minimum atomic E-state index is -1.27. The highest BCUT2D eigenvalue weighted by atomic mass is 79.9. The summed E-state index contributed by atoms with van der Waals surface area (Å²) in [7, 11) is 0. The monoisotopic (exact) mass is 387 g/mol. The molecule has 0 saturated carbocycles. The van der Waals surface area contributed by atoms with Gasteiger partial charge < -0.3 is 14.6 Å². The lowest BCUT2D eigenvalue weighted by molar-refractivity contribution is -0.132. The SMILES string of the molecule is N#CC(=Cc1ccccc1OCCOc1ccc(Br)cc1)C(=O)O. The highest BCUT2D eigenvalue weighted by molar-refractivity contribution is 9.10. The number of nitrogens with zero attached hydrogens (tertiary/aromatic N) is 1. The molecular weight excluding hydrogens is 374 g/mol. The minimum absolute atomic E-state index is 0.288. The Morgan fingerprint density at radius 3 is 2.46 bits per heavy atom. The number of para-hydroxylation sites is 1. The van der Waals surface area contributed by atoms with Gasteiger partial charge in [-0.15, -0.1) is 0 Å². The summed E-state index contributed by atoms with van der Waals surface area (Å²) in [5, 5.41) is 17.8. The first kappa shape index (κ1) is 17.6. The average molecular weight is 388 g/mol. The van der Waals surface area contributed by atoms with Crippen LogP contribution in [0, 0.1) is 11.3 Å². The van der Waals surface area contributed by atoms with E-state index < -0.39 is 5.97 Å².